The van der Waals surface area contributed by atoms with E-state index in [0.29, 0.717) is 6.54 Å². The maximum atomic E-state index is 12.4. The Balaban J connectivity index is 2.08. The van der Waals surface area contributed by atoms with Crippen LogP contribution in [0.5, 0.6) is 5.75 Å². The van der Waals surface area contributed by atoms with Crippen LogP contribution in [0.3, 0.4) is 0 Å². The standard InChI is InChI=1S/C13H13F3N4O2/c1-19(6-7-20-8-17-18-9-20)12(21)10-4-2-3-5-11(10)22-13(14,15)16/h2-5,8-9H,6-7H2,1H3. The molecule has 0 radical (unpaired) electrons. The zero-order valence-electron chi connectivity index (χ0n) is 11.6. The first-order valence-corrected chi connectivity index (χ1v) is 6.29. The summed E-state index contributed by atoms with van der Waals surface area (Å²) in [6, 6.07) is 5.24. The van der Waals surface area contributed by atoms with Gasteiger partial charge in [-0.1, -0.05) is 12.1 Å². The van der Waals surface area contributed by atoms with Crippen molar-refractivity contribution < 1.29 is 22.7 Å². The van der Waals surface area contributed by atoms with E-state index in [0.717, 1.165) is 6.07 Å². The van der Waals surface area contributed by atoms with Crippen molar-refractivity contribution in [2.24, 2.45) is 0 Å². The summed E-state index contributed by atoms with van der Waals surface area (Å²) in [4.78, 5) is 13.6. The number of carbonyl (C=O) groups is 1. The number of ether oxygens (including phenoxy) is 1. The van der Waals surface area contributed by atoms with Crippen LogP contribution in [0.4, 0.5) is 13.2 Å². The maximum Gasteiger partial charge on any atom is 0.573 e. The quantitative estimate of drug-likeness (QED) is 0.846. The van der Waals surface area contributed by atoms with Crippen molar-refractivity contribution in [2.75, 3.05) is 13.6 Å². The van der Waals surface area contributed by atoms with Gasteiger partial charge in [-0.15, -0.1) is 23.4 Å². The molecule has 22 heavy (non-hydrogen) atoms. The van der Waals surface area contributed by atoms with Gasteiger partial charge in [-0.05, 0) is 12.1 Å². The molecule has 1 aromatic carbocycles. The largest absolute Gasteiger partial charge is 0.573 e. The minimum atomic E-state index is -4.85. The van der Waals surface area contributed by atoms with Crippen LogP contribution in [0.2, 0.25) is 0 Å². The summed E-state index contributed by atoms with van der Waals surface area (Å²) in [5.41, 5.74) is -0.147. The van der Waals surface area contributed by atoms with E-state index >= 15 is 0 Å². The third kappa shape index (κ3) is 4.21. The van der Waals surface area contributed by atoms with Crippen molar-refractivity contribution in [1.82, 2.24) is 19.7 Å². The first-order chi connectivity index (χ1) is 10.4. The first-order valence-electron chi connectivity index (χ1n) is 6.29. The number of para-hydroxylation sites is 1. The Labute approximate surface area is 124 Å². The fourth-order valence-corrected chi connectivity index (χ4v) is 1.77. The lowest BCUT2D eigenvalue weighted by Gasteiger charge is -2.19. The van der Waals surface area contributed by atoms with Gasteiger partial charge in [-0.2, -0.15) is 0 Å². The molecule has 2 rings (SSSR count). The number of amides is 1. The number of aromatic nitrogens is 3. The Bertz CT molecular complexity index is 628. The number of likely N-dealkylation sites (N-methyl/N-ethyl adjacent to an activating group) is 1. The molecule has 2 aromatic rings. The second-order valence-electron chi connectivity index (χ2n) is 4.47. The summed E-state index contributed by atoms with van der Waals surface area (Å²) in [7, 11) is 1.50. The van der Waals surface area contributed by atoms with E-state index in [2.05, 4.69) is 14.9 Å². The van der Waals surface area contributed by atoms with Crippen LogP contribution in [0.25, 0.3) is 0 Å². The lowest BCUT2D eigenvalue weighted by atomic mass is 10.2. The van der Waals surface area contributed by atoms with Gasteiger partial charge >= 0.3 is 6.36 Å². The molecule has 0 spiro atoms. The molecule has 0 aliphatic heterocycles. The van der Waals surface area contributed by atoms with Gasteiger partial charge in [-0.25, -0.2) is 0 Å². The van der Waals surface area contributed by atoms with Gasteiger partial charge in [0.05, 0.1) is 5.56 Å². The fraction of sp³-hybridized carbons (Fsp3) is 0.308. The van der Waals surface area contributed by atoms with Crippen molar-refractivity contribution >= 4 is 5.91 Å². The van der Waals surface area contributed by atoms with Gasteiger partial charge in [-0.3, -0.25) is 4.79 Å². The van der Waals surface area contributed by atoms with E-state index in [4.69, 9.17) is 0 Å². The molecule has 1 aromatic heterocycles. The zero-order chi connectivity index (χ0) is 16.2. The highest BCUT2D eigenvalue weighted by molar-refractivity contribution is 5.96. The molecule has 9 heteroatoms. The van der Waals surface area contributed by atoms with E-state index in [1.54, 1.807) is 4.57 Å². The number of hydrogen-bond acceptors (Lipinski definition) is 4. The number of benzene rings is 1. The van der Waals surface area contributed by atoms with Crippen molar-refractivity contribution in [3.8, 4) is 5.75 Å². The molecule has 0 N–H and O–H groups in total. The van der Waals surface area contributed by atoms with Gasteiger partial charge in [0.1, 0.15) is 18.4 Å². The summed E-state index contributed by atoms with van der Waals surface area (Å²) in [6.07, 6.45) is -1.88. The number of rotatable bonds is 5. The number of carbonyl (C=O) groups excluding carboxylic acids is 1. The number of nitrogens with zero attached hydrogens (tertiary/aromatic N) is 4. The van der Waals surface area contributed by atoms with Crippen LogP contribution in [-0.4, -0.2) is 45.5 Å². The molecule has 0 fully saturated rings. The van der Waals surface area contributed by atoms with Gasteiger partial charge in [0.25, 0.3) is 5.91 Å². The van der Waals surface area contributed by atoms with Crippen LogP contribution in [0, 0.1) is 0 Å². The van der Waals surface area contributed by atoms with Crippen molar-refractivity contribution in [1.29, 1.82) is 0 Å². The summed E-state index contributed by atoms with van der Waals surface area (Å²) < 4.78 is 42.6. The van der Waals surface area contributed by atoms with E-state index in [1.165, 1.54) is 42.8 Å². The van der Waals surface area contributed by atoms with Crippen LogP contribution in [0.15, 0.2) is 36.9 Å². The maximum absolute atomic E-state index is 12.4. The predicted octanol–water partition coefficient (Wildman–Crippen LogP) is 1.95. The minimum Gasteiger partial charge on any atom is -0.405 e. The van der Waals surface area contributed by atoms with E-state index in [1.807, 2.05) is 0 Å². The third-order valence-corrected chi connectivity index (χ3v) is 2.85. The number of halogens is 3. The molecule has 0 bridgehead atoms. The second kappa shape index (κ2) is 6.46. The number of alkyl halides is 3. The Morgan fingerprint density at radius 3 is 2.55 bits per heavy atom. The normalized spacial score (nSPS) is 11.3. The zero-order valence-corrected chi connectivity index (χ0v) is 11.6. The van der Waals surface area contributed by atoms with E-state index in [9.17, 15) is 18.0 Å². The van der Waals surface area contributed by atoms with E-state index < -0.39 is 18.0 Å². The van der Waals surface area contributed by atoms with E-state index in [-0.39, 0.29) is 12.1 Å². The Morgan fingerprint density at radius 1 is 1.27 bits per heavy atom. The third-order valence-electron chi connectivity index (χ3n) is 2.85. The average Bonchev–Trinajstić information content (AvgIpc) is 2.96. The second-order valence-corrected chi connectivity index (χ2v) is 4.47. The summed E-state index contributed by atoms with van der Waals surface area (Å²) >= 11 is 0. The van der Waals surface area contributed by atoms with Crippen LogP contribution in [0.1, 0.15) is 10.4 Å². The lowest BCUT2D eigenvalue weighted by Crippen LogP contribution is -2.31. The average molecular weight is 314 g/mol. The first kappa shape index (κ1) is 15.8. The van der Waals surface area contributed by atoms with Crippen molar-refractivity contribution in [3.05, 3.63) is 42.5 Å². The highest BCUT2D eigenvalue weighted by Gasteiger charge is 2.33. The molecule has 0 saturated carbocycles. The molecule has 118 valence electrons. The Kier molecular flexibility index (Phi) is 4.64. The van der Waals surface area contributed by atoms with Gasteiger partial charge < -0.3 is 14.2 Å². The Hall–Kier alpha value is -2.58. The van der Waals surface area contributed by atoms with Crippen LogP contribution < -0.4 is 4.74 Å². The summed E-state index contributed by atoms with van der Waals surface area (Å²) in [5.74, 6) is -1.08. The van der Waals surface area contributed by atoms with Crippen molar-refractivity contribution in [3.63, 3.8) is 0 Å². The summed E-state index contributed by atoms with van der Waals surface area (Å²) in [6.45, 7) is 0.717. The topological polar surface area (TPSA) is 60.2 Å². The molecule has 1 amide bonds. The van der Waals surface area contributed by atoms with Crippen LogP contribution in [-0.2, 0) is 6.54 Å². The fourth-order valence-electron chi connectivity index (χ4n) is 1.77. The van der Waals surface area contributed by atoms with Crippen LogP contribution >= 0.6 is 0 Å². The SMILES string of the molecule is CN(CCn1cnnc1)C(=O)c1ccccc1OC(F)(F)F. The molecular formula is C13H13F3N4O2. The van der Waals surface area contributed by atoms with Gasteiger partial charge in [0, 0.05) is 20.1 Å². The van der Waals surface area contributed by atoms with Gasteiger partial charge in [0.2, 0.25) is 0 Å². The number of hydrogen-bond donors (Lipinski definition) is 0. The predicted molar refractivity (Wildman–Crippen MR) is 70.1 cm³/mol. The smallest absolute Gasteiger partial charge is 0.405 e. The molecule has 0 aliphatic rings. The molecule has 6 nitrogen and oxygen atoms in total. The molecule has 1 heterocycles. The minimum absolute atomic E-state index is 0.147. The summed E-state index contributed by atoms with van der Waals surface area (Å²) in [5, 5.41) is 7.24. The molecular weight excluding hydrogens is 301 g/mol. The molecule has 0 saturated heterocycles. The molecule has 0 aliphatic carbocycles. The van der Waals surface area contributed by atoms with Crippen molar-refractivity contribution in [2.45, 2.75) is 12.9 Å². The monoisotopic (exact) mass is 314 g/mol. The lowest BCUT2D eigenvalue weighted by molar-refractivity contribution is -0.274. The molecule has 0 atom stereocenters. The Morgan fingerprint density at radius 2 is 1.91 bits per heavy atom. The highest BCUT2D eigenvalue weighted by atomic mass is 19.4. The van der Waals surface area contributed by atoms with Gasteiger partial charge in [0.15, 0.2) is 0 Å². The highest BCUT2D eigenvalue weighted by Crippen LogP contribution is 2.26. The molecule has 0 unspecified atom stereocenters.